The molecule has 3 heteroatoms. The Kier molecular flexibility index (Phi) is 3.12. The topological polar surface area (TPSA) is 35.2 Å². The largest absolute Gasteiger partial charge is 0.496 e. The molecule has 0 fully saturated rings. The first-order valence-corrected chi connectivity index (χ1v) is 5.81. The van der Waals surface area contributed by atoms with Crippen molar-refractivity contribution in [2.24, 2.45) is 5.73 Å². The van der Waals surface area contributed by atoms with Crippen LogP contribution in [0.25, 0.3) is 5.57 Å². The molecule has 0 aromatic heterocycles. The van der Waals surface area contributed by atoms with Gasteiger partial charge in [0.25, 0.3) is 0 Å². The highest BCUT2D eigenvalue weighted by Gasteiger charge is 2.16. The van der Waals surface area contributed by atoms with Crippen LogP contribution in [0.4, 0.5) is 0 Å². The van der Waals surface area contributed by atoms with Gasteiger partial charge >= 0.3 is 0 Å². The van der Waals surface area contributed by atoms with Crippen LogP contribution in [0.1, 0.15) is 17.5 Å². The molecule has 0 bridgehead atoms. The standard InChI is InChI=1S/C12H14BrNO/c1-15-12-6-9-3-2-8(4-5-14)10(9)7-11(12)13/h2,6-7H,3-5,14H2,1H3. The molecule has 15 heavy (non-hydrogen) atoms. The Labute approximate surface area is 98.2 Å². The average Bonchev–Trinajstić information content (AvgIpc) is 2.61. The van der Waals surface area contributed by atoms with Gasteiger partial charge in [-0.3, -0.25) is 0 Å². The molecule has 2 rings (SSSR count). The Morgan fingerprint density at radius 1 is 1.47 bits per heavy atom. The predicted octanol–water partition coefficient (Wildman–Crippen LogP) is 2.75. The minimum Gasteiger partial charge on any atom is -0.496 e. The number of fused-ring (bicyclic) bond motifs is 1. The maximum Gasteiger partial charge on any atom is 0.133 e. The predicted molar refractivity (Wildman–Crippen MR) is 66.0 cm³/mol. The third-order valence-corrected chi connectivity index (χ3v) is 3.33. The molecule has 0 spiro atoms. The number of allylic oxidation sites excluding steroid dienone is 1. The van der Waals surface area contributed by atoms with Crippen LogP contribution in [0.2, 0.25) is 0 Å². The van der Waals surface area contributed by atoms with Gasteiger partial charge in [-0.15, -0.1) is 0 Å². The van der Waals surface area contributed by atoms with E-state index < -0.39 is 0 Å². The zero-order valence-electron chi connectivity index (χ0n) is 8.72. The van der Waals surface area contributed by atoms with Crippen LogP contribution in [0.3, 0.4) is 0 Å². The zero-order chi connectivity index (χ0) is 10.8. The van der Waals surface area contributed by atoms with Gasteiger partial charge in [-0.25, -0.2) is 0 Å². The van der Waals surface area contributed by atoms with Crippen molar-refractivity contribution >= 4 is 21.5 Å². The minimum absolute atomic E-state index is 0.703. The van der Waals surface area contributed by atoms with E-state index in [1.807, 2.05) is 0 Å². The number of hydrogen-bond acceptors (Lipinski definition) is 2. The molecule has 0 amide bonds. The van der Waals surface area contributed by atoms with Gasteiger partial charge in [-0.2, -0.15) is 0 Å². The van der Waals surface area contributed by atoms with Crippen LogP contribution < -0.4 is 10.5 Å². The Bertz CT molecular complexity index is 412. The van der Waals surface area contributed by atoms with E-state index in [4.69, 9.17) is 10.5 Å². The molecular formula is C12H14BrNO. The molecule has 0 saturated heterocycles. The molecule has 0 aliphatic heterocycles. The summed E-state index contributed by atoms with van der Waals surface area (Å²) in [6.45, 7) is 0.703. The summed E-state index contributed by atoms with van der Waals surface area (Å²) in [7, 11) is 1.69. The van der Waals surface area contributed by atoms with E-state index in [0.29, 0.717) is 6.54 Å². The number of ether oxygens (including phenoxy) is 1. The summed E-state index contributed by atoms with van der Waals surface area (Å²) in [4.78, 5) is 0. The van der Waals surface area contributed by atoms with Gasteiger partial charge < -0.3 is 10.5 Å². The molecule has 1 aliphatic rings. The second-order valence-electron chi connectivity index (χ2n) is 3.62. The van der Waals surface area contributed by atoms with Crippen molar-refractivity contribution in [3.05, 3.63) is 33.8 Å². The first kappa shape index (κ1) is 10.7. The van der Waals surface area contributed by atoms with Gasteiger partial charge in [-0.1, -0.05) is 6.08 Å². The Morgan fingerprint density at radius 3 is 2.93 bits per heavy atom. The highest BCUT2D eigenvalue weighted by molar-refractivity contribution is 9.10. The Morgan fingerprint density at radius 2 is 2.27 bits per heavy atom. The van der Waals surface area contributed by atoms with Crippen molar-refractivity contribution in [3.8, 4) is 5.75 Å². The van der Waals surface area contributed by atoms with Gasteiger partial charge in [0, 0.05) is 0 Å². The van der Waals surface area contributed by atoms with Crippen molar-refractivity contribution in [3.63, 3.8) is 0 Å². The normalized spacial score (nSPS) is 13.7. The lowest BCUT2D eigenvalue weighted by Crippen LogP contribution is -1.99. The van der Waals surface area contributed by atoms with Crippen LogP contribution in [-0.2, 0) is 6.42 Å². The number of benzene rings is 1. The van der Waals surface area contributed by atoms with E-state index >= 15 is 0 Å². The molecule has 0 atom stereocenters. The lowest BCUT2D eigenvalue weighted by Gasteiger charge is -2.09. The van der Waals surface area contributed by atoms with Crippen LogP contribution in [0.5, 0.6) is 5.75 Å². The van der Waals surface area contributed by atoms with E-state index in [-0.39, 0.29) is 0 Å². The molecule has 2 nitrogen and oxygen atoms in total. The number of methoxy groups -OCH3 is 1. The second-order valence-corrected chi connectivity index (χ2v) is 4.47. The maximum absolute atomic E-state index is 5.58. The minimum atomic E-state index is 0.703. The Hall–Kier alpha value is -0.800. The van der Waals surface area contributed by atoms with Crippen LogP contribution >= 0.6 is 15.9 Å². The maximum atomic E-state index is 5.58. The number of hydrogen-bond donors (Lipinski definition) is 1. The summed E-state index contributed by atoms with van der Waals surface area (Å²) in [5, 5.41) is 0. The van der Waals surface area contributed by atoms with Gasteiger partial charge in [-0.05, 0) is 64.1 Å². The fourth-order valence-electron chi connectivity index (χ4n) is 1.96. The SMILES string of the molecule is COc1cc2c(cc1Br)C(CCN)=CC2. The van der Waals surface area contributed by atoms with E-state index in [0.717, 1.165) is 23.1 Å². The first-order valence-electron chi connectivity index (χ1n) is 5.02. The molecule has 0 unspecified atom stereocenters. The van der Waals surface area contributed by atoms with Gasteiger partial charge in [0.15, 0.2) is 0 Å². The molecule has 0 heterocycles. The molecule has 2 N–H and O–H groups in total. The fourth-order valence-corrected chi connectivity index (χ4v) is 2.46. The van der Waals surface area contributed by atoms with Crippen molar-refractivity contribution in [1.29, 1.82) is 0 Å². The monoisotopic (exact) mass is 267 g/mol. The van der Waals surface area contributed by atoms with Crippen LogP contribution in [0.15, 0.2) is 22.7 Å². The highest BCUT2D eigenvalue weighted by atomic mass is 79.9. The second kappa shape index (κ2) is 4.37. The fraction of sp³-hybridized carbons (Fsp3) is 0.333. The summed E-state index contributed by atoms with van der Waals surface area (Å²) in [6, 6.07) is 4.22. The lowest BCUT2D eigenvalue weighted by molar-refractivity contribution is 0.411. The van der Waals surface area contributed by atoms with Gasteiger partial charge in [0.2, 0.25) is 0 Å². The van der Waals surface area contributed by atoms with Crippen LogP contribution in [0, 0.1) is 0 Å². The van der Waals surface area contributed by atoms with E-state index in [1.54, 1.807) is 7.11 Å². The van der Waals surface area contributed by atoms with E-state index in [1.165, 1.54) is 16.7 Å². The van der Waals surface area contributed by atoms with Crippen molar-refractivity contribution in [2.75, 3.05) is 13.7 Å². The number of nitrogens with two attached hydrogens (primary N) is 1. The smallest absolute Gasteiger partial charge is 0.133 e. The van der Waals surface area contributed by atoms with Gasteiger partial charge in [0.05, 0.1) is 11.6 Å². The van der Waals surface area contributed by atoms with E-state index in [2.05, 4.69) is 34.1 Å². The summed E-state index contributed by atoms with van der Waals surface area (Å²) < 4.78 is 6.28. The molecule has 1 aromatic rings. The first-order chi connectivity index (χ1) is 7.26. The van der Waals surface area contributed by atoms with Crippen LogP contribution in [-0.4, -0.2) is 13.7 Å². The zero-order valence-corrected chi connectivity index (χ0v) is 10.3. The van der Waals surface area contributed by atoms with Crippen molar-refractivity contribution < 1.29 is 4.74 Å². The molecule has 80 valence electrons. The Balaban J connectivity index is 2.39. The molecule has 0 radical (unpaired) electrons. The number of halogens is 1. The summed E-state index contributed by atoms with van der Waals surface area (Å²) in [5.74, 6) is 0.899. The lowest BCUT2D eigenvalue weighted by atomic mass is 10.0. The molecule has 1 aliphatic carbocycles. The summed E-state index contributed by atoms with van der Waals surface area (Å²) >= 11 is 3.51. The summed E-state index contributed by atoms with van der Waals surface area (Å²) in [6.07, 6.45) is 4.20. The van der Waals surface area contributed by atoms with Crippen molar-refractivity contribution in [2.45, 2.75) is 12.8 Å². The quantitative estimate of drug-likeness (QED) is 0.914. The van der Waals surface area contributed by atoms with Gasteiger partial charge in [0.1, 0.15) is 5.75 Å². The van der Waals surface area contributed by atoms with Crippen molar-refractivity contribution in [1.82, 2.24) is 0 Å². The molecular weight excluding hydrogens is 254 g/mol. The third kappa shape index (κ3) is 1.94. The molecule has 0 saturated carbocycles. The average molecular weight is 268 g/mol. The highest BCUT2D eigenvalue weighted by Crippen LogP contribution is 2.36. The number of rotatable bonds is 3. The third-order valence-electron chi connectivity index (χ3n) is 2.71. The van der Waals surface area contributed by atoms with E-state index in [9.17, 15) is 0 Å². The molecule has 1 aromatic carbocycles. The summed E-state index contributed by atoms with van der Waals surface area (Å²) in [5.41, 5.74) is 9.58.